The largest absolute Gasteiger partial charge is 0.465 e. The van der Waals surface area contributed by atoms with E-state index in [-0.39, 0.29) is 31.6 Å². The first-order chi connectivity index (χ1) is 15.4. The van der Waals surface area contributed by atoms with Gasteiger partial charge in [0.05, 0.1) is 30.9 Å². The fourth-order valence-electron chi connectivity index (χ4n) is 3.71. The molecule has 0 aromatic heterocycles. The van der Waals surface area contributed by atoms with Gasteiger partial charge in [-0.05, 0) is 30.9 Å². The van der Waals surface area contributed by atoms with Gasteiger partial charge < -0.3 is 19.9 Å². The second-order valence-electron chi connectivity index (χ2n) is 7.35. The topological polar surface area (TPSA) is 151 Å². The zero-order valence-corrected chi connectivity index (χ0v) is 17.4. The standard InChI is InChI=1S/C21H25N3O8/c25-16-7-6-15(18(26)23-16)24-19(27)14-5-1-3-13(17(14)20(24)28)4-2-9-31-11-12-32-10-8-22-21(29)30/h1,3,5,15,22H,2,4,6-12H2,(H,29,30)(H,23,25,26). The van der Waals surface area contributed by atoms with E-state index in [0.717, 1.165) is 4.90 Å². The third-order valence-corrected chi connectivity index (χ3v) is 5.18. The quantitative estimate of drug-likeness (QED) is 0.324. The van der Waals surface area contributed by atoms with E-state index in [1.165, 1.54) is 0 Å². The van der Waals surface area contributed by atoms with Crippen molar-refractivity contribution in [1.82, 2.24) is 15.5 Å². The molecule has 2 aliphatic rings. The number of nitrogens with one attached hydrogen (secondary N) is 2. The van der Waals surface area contributed by atoms with E-state index in [1.807, 2.05) is 0 Å². The summed E-state index contributed by atoms with van der Waals surface area (Å²) >= 11 is 0. The van der Waals surface area contributed by atoms with Gasteiger partial charge in [0, 0.05) is 19.6 Å². The predicted octanol–water partition coefficient (Wildman–Crippen LogP) is 0.321. The molecule has 0 bridgehead atoms. The van der Waals surface area contributed by atoms with Crippen LogP contribution in [0.15, 0.2) is 18.2 Å². The third-order valence-electron chi connectivity index (χ3n) is 5.18. The summed E-state index contributed by atoms with van der Waals surface area (Å²) < 4.78 is 10.7. The van der Waals surface area contributed by atoms with Crippen LogP contribution < -0.4 is 10.6 Å². The summed E-state index contributed by atoms with van der Waals surface area (Å²) in [7, 11) is 0. The molecule has 5 amide bonds. The number of carbonyl (C=O) groups is 5. The molecule has 1 atom stereocenters. The van der Waals surface area contributed by atoms with Crippen LogP contribution in [0.2, 0.25) is 0 Å². The first-order valence-corrected chi connectivity index (χ1v) is 10.4. The Balaban J connectivity index is 1.48. The van der Waals surface area contributed by atoms with Crippen LogP contribution in [0.4, 0.5) is 4.79 Å². The Bertz CT molecular complexity index is 916. The minimum absolute atomic E-state index is 0.0772. The number of rotatable bonds is 11. The molecule has 1 saturated heterocycles. The Hall–Kier alpha value is -3.31. The van der Waals surface area contributed by atoms with Gasteiger partial charge in [-0.2, -0.15) is 0 Å². The number of hydrogen-bond acceptors (Lipinski definition) is 7. The Morgan fingerprint density at radius 2 is 1.84 bits per heavy atom. The maximum atomic E-state index is 13.0. The molecule has 172 valence electrons. The van der Waals surface area contributed by atoms with Gasteiger partial charge >= 0.3 is 6.09 Å². The number of amides is 5. The lowest BCUT2D eigenvalue weighted by molar-refractivity contribution is -0.136. The van der Waals surface area contributed by atoms with Crippen LogP contribution in [0, 0.1) is 0 Å². The second-order valence-corrected chi connectivity index (χ2v) is 7.35. The van der Waals surface area contributed by atoms with Crippen LogP contribution in [-0.2, 0) is 25.5 Å². The number of benzene rings is 1. The summed E-state index contributed by atoms with van der Waals surface area (Å²) in [4.78, 5) is 60.6. The molecule has 3 rings (SSSR count). The molecule has 3 N–H and O–H groups in total. The maximum Gasteiger partial charge on any atom is 0.404 e. The van der Waals surface area contributed by atoms with Crippen LogP contribution in [0.5, 0.6) is 0 Å². The van der Waals surface area contributed by atoms with E-state index < -0.39 is 35.8 Å². The summed E-state index contributed by atoms with van der Waals surface area (Å²) in [5.41, 5.74) is 1.27. The molecule has 0 radical (unpaired) electrons. The van der Waals surface area contributed by atoms with Gasteiger partial charge in [0.15, 0.2) is 0 Å². The number of carbonyl (C=O) groups excluding carboxylic acids is 4. The first-order valence-electron chi connectivity index (χ1n) is 10.4. The highest BCUT2D eigenvalue weighted by molar-refractivity contribution is 6.24. The minimum atomic E-state index is -1.10. The molecule has 0 saturated carbocycles. The maximum absolute atomic E-state index is 13.0. The van der Waals surface area contributed by atoms with Gasteiger partial charge in [0.2, 0.25) is 11.8 Å². The van der Waals surface area contributed by atoms with Crippen molar-refractivity contribution in [2.24, 2.45) is 0 Å². The molecule has 1 aromatic carbocycles. The fourth-order valence-corrected chi connectivity index (χ4v) is 3.71. The number of ether oxygens (including phenoxy) is 2. The van der Waals surface area contributed by atoms with E-state index in [1.54, 1.807) is 18.2 Å². The average molecular weight is 447 g/mol. The zero-order chi connectivity index (χ0) is 23.1. The molecule has 1 fully saturated rings. The smallest absolute Gasteiger partial charge is 0.404 e. The van der Waals surface area contributed by atoms with Crippen LogP contribution in [-0.4, -0.2) is 78.7 Å². The lowest BCUT2D eigenvalue weighted by Gasteiger charge is -2.27. The third kappa shape index (κ3) is 5.48. The summed E-state index contributed by atoms with van der Waals surface area (Å²) in [5, 5.41) is 12.8. The Morgan fingerprint density at radius 1 is 1.09 bits per heavy atom. The SMILES string of the molecule is O=C(O)NCCOCCOCCCc1cccc2c1C(=O)N(C1CCC(=O)NC1=O)C2=O. The molecular formula is C21H25N3O8. The minimum Gasteiger partial charge on any atom is -0.465 e. The molecule has 2 heterocycles. The van der Waals surface area contributed by atoms with Crippen molar-refractivity contribution < 1.29 is 38.6 Å². The van der Waals surface area contributed by atoms with Gasteiger partial charge in [-0.25, -0.2) is 4.79 Å². The molecule has 11 heteroatoms. The van der Waals surface area contributed by atoms with Crippen LogP contribution in [0.3, 0.4) is 0 Å². The lowest BCUT2D eigenvalue weighted by atomic mass is 9.99. The normalized spacial score (nSPS) is 18.0. The van der Waals surface area contributed by atoms with Crippen molar-refractivity contribution in [3.63, 3.8) is 0 Å². The average Bonchev–Trinajstić information content (AvgIpc) is 3.00. The molecule has 32 heavy (non-hydrogen) atoms. The first kappa shape index (κ1) is 23.4. The van der Waals surface area contributed by atoms with Crippen molar-refractivity contribution in [2.45, 2.75) is 31.7 Å². The van der Waals surface area contributed by atoms with Crippen molar-refractivity contribution in [1.29, 1.82) is 0 Å². The molecule has 2 aliphatic heterocycles. The van der Waals surface area contributed by atoms with E-state index >= 15 is 0 Å². The number of piperidine rings is 1. The van der Waals surface area contributed by atoms with E-state index in [0.29, 0.717) is 43.8 Å². The van der Waals surface area contributed by atoms with Crippen LogP contribution in [0.25, 0.3) is 0 Å². The molecule has 0 spiro atoms. The van der Waals surface area contributed by atoms with Crippen molar-refractivity contribution in [3.05, 3.63) is 34.9 Å². The summed E-state index contributed by atoms with van der Waals surface area (Å²) in [6.07, 6.45) is 0.213. The second kappa shape index (κ2) is 10.8. The lowest BCUT2D eigenvalue weighted by Crippen LogP contribution is -2.54. The monoisotopic (exact) mass is 447 g/mol. The number of hydrogen-bond donors (Lipinski definition) is 3. The van der Waals surface area contributed by atoms with Gasteiger partial charge in [0.1, 0.15) is 6.04 Å². The van der Waals surface area contributed by atoms with Gasteiger partial charge in [-0.15, -0.1) is 0 Å². The van der Waals surface area contributed by atoms with E-state index in [2.05, 4.69) is 10.6 Å². The number of nitrogens with zero attached hydrogens (tertiary/aromatic N) is 1. The molecule has 1 aromatic rings. The fraction of sp³-hybridized carbons (Fsp3) is 0.476. The number of imide groups is 2. The van der Waals surface area contributed by atoms with Crippen molar-refractivity contribution >= 4 is 29.7 Å². The van der Waals surface area contributed by atoms with E-state index in [9.17, 15) is 24.0 Å². The zero-order valence-electron chi connectivity index (χ0n) is 17.4. The molecule has 1 unspecified atom stereocenters. The number of aryl methyl sites for hydroxylation is 1. The summed E-state index contributed by atoms with van der Waals surface area (Å²) in [5.74, 6) is -2.08. The number of carboxylic acid groups (broad SMARTS) is 1. The summed E-state index contributed by atoms with van der Waals surface area (Å²) in [6.45, 7) is 1.55. The highest BCUT2D eigenvalue weighted by Gasteiger charge is 2.45. The van der Waals surface area contributed by atoms with Crippen molar-refractivity contribution in [3.8, 4) is 0 Å². The summed E-state index contributed by atoms with van der Waals surface area (Å²) in [6, 6.07) is 4.06. The highest BCUT2D eigenvalue weighted by atomic mass is 16.5. The van der Waals surface area contributed by atoms with Gasteiger partial charge in [-0.1, -0.05) is 12.1 Å². The number of fused-ring (bicyclic) bond motifs is 1. The predicted molar refractivity (Wildman–Crippen MR) is 109 cm³/mol. The van der Waals surface area contributed by atoms with Crippen LogP contribution in [0.1, 0.15) is 45.5 Å². The molecule has 11 nitrogen and oxygen atoms in total. The molecular weight excluding hydrogens is 422 g/mol. The van der Waals surface area contributed by atoms with Crippen LogP contribution >= 0.6 is 0 Å². The Morgan fingerprint density at radius 3 is 2.56 bits per heavy atom. The highest BCUT2D eigenvalue weighted by Crippen LogP contribution is 2.30. The molecule has 0 aliphatic carbocycles. The van der Waals surface area contributed by atoms with Gasteiger partial charge in [-0.3, -0.25) is 29.4 Å². The van der Waals surface area contributed by atoms with Gasteiger partial charge in [0.25, 0.3) is 11.8 Å². The van der Waals surface area contributed by atoms with E-state index in [4.69, 9.17) is 14.6 Å². The van der Waals surface area contributed by atoms with Crippen molar-refractivity contribution in [2.75, 3.05) is 33.0 Å². The Labute approximate surface area is 184 Å². The Kier molecular flexibility index (Phi) is 7.90.